The zero-order valence-electron chi connectivity index (χ0n) is 12.0. The van der Waals surface area contributed by atoms with Crippen molar-refractivity contribution in [3.05, 3.63) is 40.7 Å². The van der Waals surface area contributed by atoms with E-state index in [4.69, 9.17) is 0 Å². The lowest BCUT2D eigenvalue weighted by Crippen LogP contribution is -2.34. The summed E-state index contributed by atoms with van der Waals surface area (Å²) in [5.41, 5.74) is 1.65. The van der Waals surface area contributed by atoms with Crippen LogP contribution in [0.25, 0.3) is 0 Å². The molecular weight excluding hydrogens is 306 g/mol. The van der Waals surface area contributed by atoms with Crippen molar-refractivity contribution in [3.8, 4) is 0 Å². The molecule has 114 valence electrons. The van der Waals surface area contributed by atoms with Crippen LogP contribution < -0.4 is 10.0 Å². The van der Waals surface area contributed by atoms with E-state index in [0.717, 1.165) is 5.56 Å². The first kappa shape index (κ1) is 15.9. The molecule has 0 aliphatic carbocycles. The van der Waals surface area contributed by atoms with Crippen LogP contribution in [0.3, 0.4) is 0 Å². The Morgan fingerprint density at radius 2 is 2.19 bits per heavy atom. The number of sulfonamides is 1. The standard InChI is InChI=1S/C14H19N3O2S2/c1-3-15-13-5-4-7-16-14(13)21(18,19)17-11(2)9-12-6-8-20-10-12/h4-8,10-11,15,17H,3,9H2,1-2H3. The molecule has 2 rings (SSSR count). The number of pyridine rings is 1. The molecule has 0 amide bonds. The summed E-state index contributed by atoms with van der Waals surface area (Å²) in [5, 5.41) is 7.07. The number of nitrogens with one attached hydrogen (secondary N) is 2. The average Bonchev–Trinajstić information content (AvgIpc) is 2.91. The van der Waals surface area contributed by atoms with Gasteiger partial charge in [0.05, 0.1) is 5.69 Å². The summed E-state index contributed by atoms with van der Waals surface area (Å²) >= 11 is 1.61. The predicted octanol–water partition coefficient (Wildman–Crippen LogP) is 2.48. The van der Waals surface area contributed by atoms with Crippen molar-refractivity contribution in [2.75, 3.05) is 11.9 Å². The van der Waals surface area contributed by atoms with E-state index in [1.165, 1.54) is 6.20 Å². The molecule has 2 aromatic heterocycles. The van der Waals surface area contributed by atoms with E-state index in [-0.39, 0.29) is 11.1 Å². The van der Waals surface area contributed by atoms with Crippen molar-refractivity contribution in [1.29, 1.82) is 0 Å². The molecule has 2 N–H and O–H groups in total. The normalized spacial score (nSPS) is 13.0. The third kappa shape index (κ3) is 4.26. The highest BCUT2D eigenvalue weighted by Crippen LogP contribution is 2.18. The van der Waals surface area contributed by atoms with Gasteiger partial charge in [0.25, 0.3) is 10.0 Å². The van der Waals surface area contributed by atoms with Gasteiger partial charge in [0, 0.05) is 18.8 Å². The fraction of sp³-hybridized carbons (Fsp3) is 0.357. The van der Waals surface area contributed by atoms with E-state index in [9.17, 15) is 8.42 Å². The highest BCUT2D eigenvalue weighted by Gasteiger charge is 2.22. The molecule has 0 saturated carbocycles. The minimum absolute atomic E-state index is 0.0454. The molecule has 0 spiro atoms. The fourth-order valence-electron chi connectivity index (χ4n) is 2.05. The average molecular weight is 325 g/mol. The number of hydrogen-bond donors (Lipinski definition) is 2. The third-order valence-electron chi connectivity index (χ3n) is 2.87. The lowest BCUT2D eigenvalue weighted by atomic mass is 10.1. The van der Waals surface area contributed by atoms with Crippen molar-refractivity contribution in [2.24, 2.45) is 0 Å². The number of anilines is 1. The van der Waals surface area contributed by atoms with Crippen LogP contribution >= 0.6 is 11.3 Å². The second-order valence-corrected chi connectivity index (χ2v) is 7.15. The van der Waals surface area contributed by atoms with E-state index in [1.807, 2.05) is 30.7 Å². The minimum atomic E-state index is -3.64. The summed E-state index contributed by atoms with van der Waals surface area (Å²) in [5.74, 6) is 0. The first-order chi connectivity index (χ1) is 10.0. The van der Waals surface area contributed by atoms with Crippen LogP contribution in [0, 0.1) is 0 Å². The second kappa shape index (κ2) is 7.02. The maximum absolute atomic E-state index is 12.5. The van der Waals surface area contributed by atoms with Crippen LogP contribution in [-0.2, 0) is 16.4 Å². The number of nitrogens with zero attached hydrogens (tertiary/aromatic N) is 1. The molecule has 2 heterocycles. The molecule has 0 aliphatic heterocycles. The van der Waals surface area contributed by atoms with Gasteiger partial charge in [-0.05, 0) is 54.8 Å². The molecule has 2 aromatic rings. The molecule has 1 atom stereocenters. The van der Waals surface area contributed by atoms with Gasteiger partial charge in [0.15, 0.2) is 5.03 Å². The Balaban J connectivity index is 2.14. The number of thiophene rings is 1. The number of aromatic nitrogens is 1. The van der Waals surface area contributed by atoms with Crippen LogP contribution in [-0.4, -0.2) is 26.0 Å². The van der Waals surface area contributed by atoms with Gasteiger partial charge in [0.2, 0.25) is 0 Å². The molecule has 0 saturated heterocycles. The Kier molecular flexibility index (Phi) is 5.33. The summed E-state index contributed by atoms with van der Waals surface area (Å²) in [6.07, 6.45) is 2.14. The van der Waals surface area contributed by atoms with E-state index in [0.29, 0.717) is 18.7 Å². The molecule has 0 aliphatic rings. The Bertz CT molecular complexity index is 669. The van der Waals surface area contributed by atoms with E-state index in [1.54, 1.807) is 23.5 Å². The zero-order valence-corrected chi connectivity index (χ0v) is 13.7. The summed E-state index contributed by atoms with van der Waals surface area (Å²) in [6, 6.07) is 5.24. The van der Waals surface area contributed by atoms with Crippen LogP contribution in [0.4, 0.5) is 5.69 Å². The predicted molar refractivity (Wildman–Crippen MR) is 86.2 cm³/mol. The van der Waals surface area contributed by atoms with Gasteiger partial charge in [-0.25, -0.2) is 18.1 Å². The molecule has 0 radical (unpaired) electrons. The van der Waals surface area contributed by atoms with E-state index >= 15 is 0 Å². The molecular formula is C14H19N3O2S2. The molecule has 7 heteroatoms. The smallest absolute Gasteiger partial charge is 0.260 e. The Hall–Kier alpha value is -1.44. The van der Waals surface area contributed by atoms with Crippen molar-refractivity contribution in [1.82, 2.24) is 9.71 Å². The van der Waals surface area contributed by atoms with Gasteiger partial charge < -0.3 is 5.32 Å². The maximum atomic E-state index is 12.5. The molecule has 0 fully saturated rings. The first-order valence-electron chi connectivity index (χ1n) is 6.75. The first-order valence-corrected chi connectivity index (χ1v) is 9.18. The molecule has 0 aromatic carbocycles. The Labute approximate surface area is 129 Å². The SMILES string of the molecule is CCNc1cccnc1S(=O)(=O)NC(C)Cc1ccsc1. The van der Waals surface area contributed by atoms with Gasteiger partial charge in [-0.1, -0.05) is 0 Å². The lowest BCUT2D eigenvalue weighted by Gasteiger charge is -2.15. The fourth-order valence-corrected chi connectivity index (χ4v) is 4.09. The highest BCUT2D eigenvalue weighted by molar-refractivity contribution is 7.89. The molecule has 0 bridgehead atoms. The van der Waals surface area contributed by atoms with Gasteiger partial charge in [0.1, 0.15) is 0 Å². The zero-order chi connectivity index (χ0) is 15.3. The van der Waals surface area contributed by atoms with Gasteiger partial charge in [-0.15, -0.1) is 0 Å². The van der Waals surface area contributed by atoms with E-state index in [2.05, 4.69) is 15.0 Å². The lowest BCUT2D eigenvalue weighted by molar-refractivity contribution is 0.557. The van der Waals surface area contributed by atoms with Gasteiger partial charge in [-0.2, -0.15) is 11.3 Å². The van der Waals surface area contributed by atoms with Crippen molar-refractivity contribution in [2.45, 2.75) is 31.3 Å². The second-order valence-electron chi connectivity index (χ2n) is 4.74. The van der Waals surface area contributed by atoms with Crippen LogP contribution in [0.2, 0.25) is 0 Å². The summed E-state index contributed by atoms with van der Waals surface area (Å²) in [6.45, 7) is 4.40. The quantitative estimate of drug-likeness (QED) is 0.820. The highest BCUT2D eigenvalue weighted by atomic mass is 32.2. The summed E-state index contributed by atoms with van der Waals surface area (Å²) in [4.78, 5) is 4.01. The number of hydrogen-bond acceptors (Lipinski definition) is 5. The van der Waals surface area contributed by atoms with E-state index < -0.39 is 10.0 Å². The largest absolute Gasteiger partial charge is 0.383 e. The molecule has 21 heavy (non-hydrogen) atoms. The summed E-state index contributed by atoms with van der Waals surface area (Å²) in [7, 11) is -3.64. The third-order valence-corrected chi connectivity index (χ3v) is 5.15. The molecule has 5 nitrogen and oxygen atoms in total. The van der Waals surface area contributed by atoms with Gasteiger partial charge in [-0.3, -0.25) is 0 Å². The minimum Gasteiger partial charge on any atom is -0.383 e. The topological polar surface area (TPSA) is 71.1 Å². The Morgan fingerprint density at radius 1 is 1.38 bits per heavy atom. The van der Waals surface area contributed by atoms with Crippen molar-refractivity contribution in [3.63, 3.8) is 0 Å². The Morgan fingerprint density at radius 3 is 2.86 bits per heavy atom. The molecule has 1 unspecified atom stereocenters. The number of rotatable bonds is 7. The summed E-state index contributed by atoms with van der Waals surface area (Å²) < 4.78 is 27.6. The monoisotopic (exact) mass is 325 g/mol. The van der Waals surface area contributed by atoms with Crippen LogP contribution in [0.1, 0.15) is 19.4 Å². The van der Waals surface area contributed by atoms with Gasteiger partial charge >= 0.3 is 0 Å². The maximum Gasteiger partial charge on any atom is 0.260 e. The van der Waals surface area contributed by atoms with Crippen molar-refractivity contribution >= 4 is 27.0 Å². The van der Waals surface area contributed by atoms with Crippen LogP contribution in [0.15, 0.2) is 40.2 Å². The van der Waals surface area contributed by atoms with Crippen molar-refractivity contribution < 1.29 is 8.42 Å². The van der Waals surface area contributed by atoms with Crippen LogP contribution in [0.5, 0.6) is 0 Å².